The molecule has 1 saturated heterocycles. The molecule has 1 heterocycles. The van der Waals surface area contributed by atoms with Crippen LogP contribution in [-0.4, -0.2) is 46.9 Å². The number of carbonyl (C=O) groups excluding carboxylic acids is 1. The molecule has 0 bridgehead atoms. The van der Waals surface area contributed by atoms with Gasteiger partial charge in [0.1, 0.15) is 34.8 Å². The number of thiocarbonyl (C=S) groups is 1. The molecule has 8 nitrogen and oxygen atoms in total. The summed E-state index contributed by atoms with van der Waals surface area (Å²) in [6.07, 6.45) is 1.57. The zero-order valence-corrected chi connectivity index (χ0v) is 18.5. The number of carbonyl (C=O) groups is 1. The Labute approximate surface area is 188 Å². The van der Waals surface area contributed by atoms with E-state index in [1.807, 2.05) is 19.1 Å². The lowest BCUT2D eigenvalue weighted by Gasteiger charge is -2.12. The Morgan fingerprint density at radius 2 is 1.90 bits per heavy atom. The summed E-state index contributed by atoms with van der Waals surface area (Å²) in [4.78, 5) is 25.1. The van der Waals surface area contributed by atoms with E-state index >= 15 is 0 Å². The second-order valence-corrected chi connectivity index (χ2v) is 7.96. The molecule has 0 aromatic heterocycles. The van der Waals surface area contributed by atoms with Gasteiger partial charge in [-0.15, -0.1) is 0 Å². The first-order valence-electron chi connectivity index (χ1n) is 9.36. The van der Waals surface area contributed by atoms with Crippen LogP contribution in [0.15, 0.2) is 47.4 Å². The summed E-state index contributed by atoms with van der Waals surface area (Å²) in [5.41, 5.74) is 0.324. The molecule has 0 saturated carbocycles. The van der Waals surface area contributed by atoms with E-state index in [0.717, 1.165) is 11.8 Å². The normalized spacial score (nSPS) is 14.8. The van der Waals surface area contributed by atoms with Gasteiger partial charge < -0.3 is 14.2 Å². The molecular weight excluding hydrogens is 440 g/mol. The van der Waals surface area contributed by atoms with Crippen LogP contribution in [0.5, 0.6) is 17.2 Å². The Morgan fingerprint density at radius 1 is 1.16 bits per heavy atom. The van der Waals surface area contributed by atoms with Crippen LogP contribution >= 0.6 is 24.0 Å². The predicted octanol–water partition coefficient (Wildman–Crippen LogP) is 4.28. The number of amides is 1. The highest BCUT2D eigenvalue weighted by molar-refractivity contribution is 8.26. The molecule has 1 amide bonds. The van der Waals surface area contributed by atoms with Gasteiger partial charge in [0.2, 0.25) is 0 Å². The van der Waals surface area contributed by atoms with Gasteiger partial charge >= 0.3 is 0 Å². The number of thioether (sulfide) groups is 1. The number of rotatable bonds is 9. The molecule has 0 N–H and O–H groups in total. The van der Waals surface area contributed by atoms with Crippen molar-refractivity contribution in [2.75, 3.05) is 26.9 Å². The van der Waals surface area contributed by atoms with Gasteiger partial charge in [0.25, 0.3) is 11.6 Å². The molecule has 1 fully saturated rings. The second kappa shape index (κ2) is 10.3. The molecule has 31 heavy (non-hydrogen) atoms. The van der Waals surface area contributed by atoms with Gasteiger partial charge in [-0.2, -0.15) is 0 Å². The Morgan fingerprint density at radius 3 is 2.58 bits per heavy atom. The smallest absolute Gasteiger partial charge is 0.270 e. The van der Waals surface area contributed by atoms with Crippen LogP contribution in [0.2, 0.25) is 0 Å². The first-order chi connectivity index (χ1) is 14.9. The largest absolute Gasteiger partial charge is 0.497 e. The van der Waals surface area contributed by atoms with E-state index in [9.17, 15) is 14.9 Å². The number of hydrogen-bond donors (Lipinski definition) is 0. The fraction of sp³-hybridized carbons (Fsp3) is 0.238. The average molecular weight is 461 g/mol. The summed E-state index contributed by atoms with van der Waals surface area (Å²) in [5.74, 6) is 1.49. The van der Waals surface area contributed by atoms with Crippen molar-refractivity contribution in [1.82, 2.24) is 4.90 Å². The van der Waals surface area contributed by atoms with Crippen LogP contribution in [0.25, 0.3) is 6.08 Å². The topological polar surface area (TPSA) is 91.1 Å². The first kappa shape index (κ1) is 22.6. The number of non-ortho nitro benzene ring substituents is 1. The number of ether oxygens (including phenoxy) is 3. The predicted molar refractivity (Wildman–Crippen MR) is 123 cm³/mol. The quantitative estimate of drug-likeness (QED) is 0.180. The van der Waals surface area contributed by atoms with Gasteiger partial charge in [0, 0.05) is 30.3 Å². The number of nitro benzene ring substituents is 1. The minimum Gasteiger partial charge on any atom is -0.497 e. The zero-order valence-electron chi connectivity index (χ0n) is 16.9. The monoisotopic (exact) mass is 460 g/mol. The Hall–Kier alpha value is -3.11. The molecule has 1 aliphatic heterocycles. The molecule has 3 rings (SSSR count). The van der Waals surface area contributed by atoms with Crippen molar-refractivity contribution in [1.29, 1.82) is 0 Å². The van der Waals surface area contributed by atoms with E-state index < -0.39 is 4.92 Å². The van der Waals surface area contributed by atoms with Gasteiger partial charge in [0.05, 0.1) is 16.9 Å². The molecular formula is C21H20N2O6S2. The second-order valence-electron chi connectivity index (χ2n) is 6.28. The van der Waals surface area contributed by atoms with Crippen molar-refractivity contribution in [3.05, 3.63) is 63.0 Å². The van der Waals surface area contributed by atoms with Crippen LogP contribution in [0.4, 0.5) is 5.69 Å². The number of nitro groups is 1. The molecule has 162 valence electrons. The Balaban J connectivity index is 1.74. The van der Waals surface area contributed by atoms with Crippen molar-refractivity contribution in [2.24, 2.45) is 0 Å². The summed E-state index contributed by atoms with van der Waals surface area (Å²) < 4.78 is 17.1. The van der Waals surface area contributed by atoms with Gasteiger partial charge in [0.15, 0.2) is 0 Å². The van der Waals surface area contributed by atoms with Crippen molar-refractivity contribution < 1.29 is 23.9 Å². The van der Waals surface area contributed by atoms with E-state index in [4.69, 9.17) is 26.4 Å². The summed E-state index contributed by atoms with van der Waals surface area (Å²) in [6, 6.07) is 11.4. The van der Waals surface area contributed by atoms with Crippen molar-refractivity contribution in [2.45, 2.75) is 6.92 Å². The maximum absolute atomic E-state index is 12.5. The lowest BCUT2D eigenvalue weighted by Crippen LogP contribution is -2.27. The minimum absolute atomic E-state index is 0.0998. The molecule has 0 radical (unpaired) electrons. The minimum atomic E-state index is -0.496. The fourth-order valence-electron chi connectivity index (χ4n) is 2.81. The zero-order chi connectivity index (χ0) is 22.4. The summed E-state index contributed by atoms with van der Waals surface area (Å²) in [6.45, 7) is 2.74. The van der Waals surface area contributed by atoms with E-state index in [0.29, 0.717) is 38.6 Å². The number of nitrogens with zero attached hydrogens (tertiary/aromatic N) is 2. The van der Waals surface area contributed by atoms with Gasteiger partial charge in [-0.25, -0.2) is 0 Å². The summed E-state index contributed by atoms with van der Waals surface area (Å²) >= 11 is 6.38. The van der Waals surface area contributed by atoms with E-state index in [-0.39, 0.29) is 24.8 Å². The number of methoxy groups -OCH3 is 1. The van der Waals surface area contributed by atoms with Crippen molar-refractivity contribution in [3.63, 3.8) is 0 Å². The Bertz CT molecular complexity index is 1040. The van der Waals surface area contributed by atoms with Crippen LogP contribution in [0.3, 0.4) is 0 Å². The maximum atomic E-state index is 12.5. The van der Waals surface area contributed by atoms with Crippen LogP contribution in [0, 0.1) is 10.1 Å². The lowest BCUT2D eigenvalue weighted by atomic mass is 10.1. The van der Waals surface area contributed by atoms with Gasteiger partial charge in [-0.1, -0.05) is 30.0 Å². The standard InChI is InChI=1S/C21H20N2O6S2/c1-3-22-20(24)19(31-21(22)30)12-14-11-15(23(25)26)7-8-18(14)29-10-9-28-17-6-4-5-16(13-17)27-2/h4-8,11-13H,3,9-10H2,1-2H3/b19-12+. The van der Waals surface area contributed by atoms with E-state index in [2.05, 4.69) is 0 Å². The van der Waals surface area contributed by atoms with Crippen LogP contribution in [-0.2, 0) is 4.79 Å². The van der Waals surface area contributed by atoms with Crippen LogP contribution in [0.1, 0.15) is 12.5 Å². The van der Waals surface area contributed by atoms with Crippen LogP contribution < -0.4 is 14.2 Å². The number of hydrogen-bond acceptors (Lipinski definition) is 8. The van der Waals surface area contributed by atoms with E-state index in [1.165, 1.54) is 23.1 Å². The molecule has 0 aliphatic carbocycles. The van der Waals surface area contributed by atoms with Gasteiger partial charge in [-0.05, 0) is 31.2 Å². The SMILES string of the molecule is CCN1C(=O)/C(=C\c2cc([N+](=O)[O-])ccc2OCCOc2cccc(OC)c2)SC1=S. The lowest BCUT2D eigenvalue weighted by molar-refractivity contribution is -0.384. The summed E-state index contributed by atoms with van der Waals surface area (Å²) in [5, 5.41) is 11.2. The highest BCUT2D eigenvalue weighted by Crippen LogP contribution is 2.35. The van der Waals surface area contributed by atoms with Crippen molar-refractivity contribution in [3.8, 4) is 17.2 Å². The highest BCUT2D eigenvalue weighted by Gasteiger charge is 2.31. The fourth-order valence-corrected chi connectivity index (χ4v) is 4.18. The third-order valence-electron chi connectivity index (χ3n) is 4.33. The first-order valence-corrected chi connectivity index (χ1v) is 10.6. The summed E-state index contributed by atoms with van der Waals surface area (Å²) in [7, 11) is 1.58. The molecule has 1 aliphatic rings. The molecule has 10 heteroatoms. The maximum Gasteiger partial charge on any atom is 0.270 e. The third kappa shape index (κ3) is 5.53. The van der Waals surface area contributed by atoms with Crippen molar-refractivity contribution >= 4 is 46.0 Å². The highest BCUT2D eigenvalue weighted by atomic mass is 32.2. The molecule has 2 aromatic rings. The molecule has 0 spiro atoms. The number of benzene rings is 2. The Kier molecular flexibility index (Phi) is 7.48. The number of likely N-dealkylation sites (N-methyl/N-ethyl adjacent to an activating group) is 1. The average Bonchev–Trinajstić information content (AvgIpc) is 3.04. The molecule has 0 unspecified atom stereocenters. The van der Waals surface area contributed by atoms with Gasteiger partial charge in [-0.3, -0.25) is 19.8 Å². The van der Waals surface area contributed by atoms with E-state index in [1.54, 1.807) is 25.3 Å². The molecule has 0 atom stereocenters. The third-order valence-corrected chi connectivity index (χ3v) is 5.71. The molecule has 2 aromatic carbocycles.